The third-order valence-electron chi connectivity index (χ3n) is 3.93. The molecule has 2 aliphatic heterocycles. The monoisotopic (exact) mass is 306 g/mol. The topological polar surface area (TPSA) is 58.4 Å². The number of rotatable bonds is 2. The van der Waals surface area contributed by atoms with Crippen molar-refractivity contribution in [3.8, 4) is 0 Å². The predicted octanol–water partition coefficient (Wildman–Crippen LogP) is 0.357. The lowest BCUT2D eigenvalue weighted by atomic mass is 10.2. The maximum Gasteiger partial charge on any atom is 0.275 e. The zero-order valence-electron chi connectivity index (χ0n) is 11.3. The van der Waals surface area contributed by atoms with E-state index in [1.165, 1.54) is 6.20 Å². The van der Waals surface area contributed by atoms with Crippen LogP contribution in [0, 0.1) is 0 Å². The van der Waals surface area contributed by atoms with Crippen molar-refractivity contribution in [3.05, 3.63) is 11.9 Å². The fraction of sp³-hybridized carbons (Fsp3) is 0.727. The first kappa shape index (κ1) is 13.9. The first-order valence-electron chi connectivity index (χ1n) is 6.34. The van der Waals surface area contributed by atoms with E-state index in [9.17, 15) is 17.2 Å². The molecule has 0 saturated carbocycles. The Balaban J connectivity index is 1.93. The molecule has 20 heavy (non-hydrogen) atoms. The standard InChI is InChI=1S/C11H16F2N4O2S/c1-8-4-17-9(5-15(8)2)10(3-14-17)20(18,19)16-6-11(12,13)7-16/h3,8H,4-7H2,1-2H3/t8-/m0/s1. The van der Waals surface area contributed by atoms with Crippen molar-refractivity contribution >= 4 is 10.0 Å². The normalized spacial score (nSPS) is 27.1. The summed E-state index contributed by atoms with van der Waals surface area (Å²) < 4.78 is 52.9. The largest absolute Gasteiger partial charge is 0.296 e. The summed E-state index contributed by atoms with van der Waals surface area (Å²) >= 11 is 0. The van der Waals surface area contributed by atoms with E-state index in [4.69, 9.17) is 0 Å². The average molecular weight is 306 g/mol. The molecule has 0 amide bonds. The van der Waals surface area contributed by atoms with Crippen LogP contribution in [0.2, 0.25) is 0 Å². The highest BCUT2D eigenvalue weighted by molar-refractivity contribution is 7.89. The minimum absolute atomic E-state index is 0.0479. The second-order valence-electron chi connectivity index (χ2n) is 5.53. The van der Waals surface area contributed by atoms with Crippen molar-refractivity contribution in [1.82, 2.24) is 19.0 Å². The van der Waals surface area contributed by atoms with Crippen molar-refractivity contribution in [2.45, 2.75) is 36.9 Å². The summed E-state index contributed by atoms with van der Waals surface area (Å²) in [6, 6.07) is 0.256. The minimum atomic E-state index is -3.87. The van der Waals surface area contributed by atoms with Crippen molar-refractivity contribution in [2.75, 3.05) is 20.1 Å². The quantitative estimate of drug-likeness (QED) is 0.791. The molecule has 6 nitrogen and oxygen atoms in total. The molecule has 1 atom stereocenters. The number of hydrogen-bond donors (Lipinski definition) is 0. The Morgan fingerprint density at radius 3 is 2.65 bits per heavy atom. The molecule has 0 bridgehead atoms. The van der Waals surface area contributed by atoms with E-state index in [2.05, 4.69) is 5.10 Å². The van der Waals surface area contributed by atoms with Gasteiger partial charge in [-0.3, -0.25) is 9.58 Å². The Kier molecular flexibility index (Phi) is 2.93. The maximum absolute atomic E-state index is 12.9. The van der Waals surface area contributed by atoms with Crippen molar-refractivity contribution in [1.29, 1.82) is 0 Å². The van der Waals surface area contributed by atoms with Crippen LogP contribution < -0.4 is 0 Å². The van der Waals surface area contributed by atoms with Gasteiger partial charge in [0.1, 0.15) is 4.90 Å². The fourth-order valence-electron chi connectivity index (χ4n) is 2.49. The molecule has 3 heterocycles. The van der Waals surface area contributed by atoms with Crippen molar-refractivity contribution < 1.29 is 17.2 Å². The van der Waals surface area contributed by atoms with Crippen LogP contribution in [-0.4, -0.2) is 59.5 Å². The van der Waals surface area contributed by atoms with E-state index in [1.54, 1.807) is 4.68 Å². The van der Waals surface area contributed by atoms with Gasteiger partial charge in [0.15, 0.2) is 0 Å². The first-order valence-corrected chi connectivity index (χ1v) is 7.78. The Morgan fingerprint density at radius 1 is 1.40 bits per heavy atom. The van der Waals surface area contributed by atoms with Gasteiger partial charge < -0.3 is 0 Å². The van der Waals surface area contributed by atoms with Crippen molar-refractivity contribution in [2.24, 2.45) is 0 Å². The van der Waals surface area contributed by atoms with E-state index in [0.717, 1.165) is 4.31 Å². The van der Waals surface area contributed by atoms with E-state index < -0.39 is 29.0 Å². The molecule has 1 fully saturated rings. The predicted molar refractivity (Wildman–Crippen MR) is 66.9 cm³/mol. The van der Waals surface area contributed by atoms with Crippen LogP contribution in [0.15, 0.2) is 11.1 Å². The molecule has 1 aromatic rings. The van der Waals surface area contributed by atoms with Gasteiger partial charge in [-0.2, -0.15) is 9.40 Å². The number of nitrogens with zero attached hydrogens (tertiary/aromatic N) is 4. The maximum atomic E-state index is 12.9. The molecule has 1 saturated heterocycles. The van der Waals surface area contributed by atoms with E-state index in [1.807, 2.05) is 18.9 Å². The molecule has 0 aromatic carbocycles. The summed E-state index contributed by atoms with van der Waals surface area (Å²) in [5.41, 5.74) is 0.570. The minimum Gasteiger partial charge on any atom is -0.296 e. The fourth-order valence-corrected chi connectivity index (χ4v) is 4.13. The number of likely N-dealkylation sites (N-methyl/N-ethyl adjacent to an activating group) is 1. The summed E-state index contributed by atoms with van der Waals surface area (Å²) in [6.45, 7) is 1.57. The molecule has 3 rings (SSSR count). The van der Waals surface area contributed by atoms with Crippen LogP contribution in [0.25, 0.3) is 0 Å². The van der Waals surface area contributed by atoms with Gasteiger partial charge in [-0.1, -0.05) is 0 Å². The van der Waals surface area contributed by atoms with Gasteiger partial charge in [0.05, 0.1) is 31.5 Å². The number of halogens is 2. The molecule has 2 aliphatic rings. The summed E-state index contributed by atoms with van der Waals surface area (Å²) in [6.07, 6.45) is 1.27. The van der Waals surface area contributed by atoms with Gasteiger partial charge >= 0.3 is 0 Å². The Hall–Kier alpha value is -1.06. The average Bonchev–Trinajstić information content (AvgIpc) is 2.70. The zero-order valence-corrected chi connectivity index (χ0v) is 12.1. The Bertz CT molecular complexity index is 635. The Morgan fingerprint density at radius 2 is 2.05 bits per heavy atom. The summed E-state index contributed by atoms with van der Waals surface area (Å²) in [5, 5.41) is 4.08. The van der Waals surface area contributed by atoms with Crippen LogP contribution >= 0.6 is 0 Å². The first-order chi connectivity index (χ1) is 9.21. The van der Waals surface area contributed by atoms with E-state index in [0.29, 0.717) is 18.8 Å². The van der Waals surface area contributed by atoms with E-state index in [-0.39, 0.29) is 10.9 Å². The number of alkyl halides is 2. The van der Waals surface area contributed by atoms with Crippen LogP contribution in [0.1, 0.15) is 12.6 Å². The van der Waals surface area contributed by atoms with Gasteiger partial charge in [-0.05, 0) is 14.0 Å². The molecule has 0 spiro atoms. The van der Waals surface area contributed by atoms with Crippen LogP contribution in [-0.2, 0) is 23.1 Å². The number of fused-ring (bicyclic) bond motifs is 1. The van der Waals surface area contributed by atoms with E-state index >= 15 is 0 Å². The summed E-state index contributed by atoms with van der Waals surface area (Å²) in [5.74, 6) is -2.91. The number of hydrogen-bond acceptors (Lipinski definition) is 4. The molecule has 1 aromatic heterocycles. The van der Waals surface area contributed by atoms with Crippen LogP contribution in [0.5, 0.6) is 0 Å². The molecule has 0 unspecified atom stereocenters. The molecule has 112 valence electrons. The molecular formula is C11H16F2N4O2S. The van der Waals surface area contributed by atoms with Crippen LogP contribution in [0.3, 0.4) is 0 Å². The lowest BCUT2D eigenvalue weighted by Crippen LogP contribution is -2.58. The SMILES string of the molecule is C[C@H]1Cn2ncc(S(=O)(=O)N3CC(F)(F)C3)c2CN1C. The summed E-state index contributed by atoms with van der Waals surface area (Å²) in [7, 11) is -1.97. The van der Waals surface area contributed by atoms with Crippen molar-refractivity contribution in [3.63, 3.8) is 0 Å². The zero-order chi connectivity index (χ0) is 14.7. The van der Waals surface area contributed by atoms with Gasteiger partial charge in [0, 0.05) is 12.6 Å². The molecule has 9 heteroatoms. The number of aromatic nitrogens is 2. The molecule has 0 aliphatic carbocycles. The molecule has 0 N–H and O–H groups in total. The van der Waals surface area contributed by atoms with Crippen LogP contribution in [0.4, 0.5) is 8.78 Å². The second kappa shape index (κ2) is 4.22. The third-order valence-corrected chi connectivity index (χ3v) is 5.77. The smallest absolute Gasteiger partial charge is 0.275 e. The van der Waals surface area contributed by atoms with Gasteiger partial charge in [0.2, 0.25) is 10.0 Å². The third kappa shape index (κ3) is 2.04. The highest BCUT2D eigenvalue weighted by Gasteiger charge is 2.50. The van der Waals surface area contributed by atoms with Gasteiger partial charge in [-0.25, -0.2) is 17.2 Å². The molecule has 0 radical (unpaired) electrons. The molecular weight excluding hydrogens is 290 g/mol. The highest BCUT2D eigenvalue weighted by Crippen LogP contribution is 2.34. The van der Waals surface area contributed by atoms with Gasteiger partial charge in [-0.15, -0.1) is 0 Å². The number of sulfonamides is 1. The lowest BCUT2D eigenvalue weighted by Gasteiger charge is -2.37. The van der Waals surface area contributed by atoms with Gasteiger partial charge in [0.25, 0.3) is 5.92 Å². The highest BCUT2D eigenvalue weighted by atomic mass is 32.2. The lowest BCUT2D eigenvalue weighted by molar-refractivity contribution is -0.0945. The Labute approximate surface area is 116 Å². The second-order valence-corrected chi connectivity index (χ2v) is 7.44. The summed E-state index contributed by atoms with van der Waals surface area (Å²) in [4.78, 5) is 2.06.